The number of morpholine rings is 1. The number of sulfonamides is 1. The number of nitrogens with one attached hydrogen (secondary N) is 1. The zero-order valence-corrected chi connectivity index (χ0v) is 16.5. The van der Waals surface area contributed by atoms with Crippen LogP contribution >= 0.6 is 0 Å². The monoisotopic (exact) mass is 388 g/mol. The molecule has 1 aliphatic heterocycles. The molecule has 0 aromatic heterocycles. The van der Waals surface area contributed by atoms with Crippen LogP contribution in [-0.4, -0.2) is 44.5 Å². The van der Waals surface area contributed by atoms with Crippen molar-refractivity contribution in [2.75, 3.05) is 17.9 Å². The van der Waals surface area contributed by atoms with Crippen molar-refractivity contribution in [3.05, 3.63) is 59.7 Å². The largest absolute Gasteiger partial charge is 0.375 e. The van der Waals surface area contributed by atoms with Crippen LogP contribution in [0.25, 0.3) is 0 Å². The van der Waals surface area contributed by atoms with E-state index >= 15 is 0 Å². The van der Waals surface area contributed by atoms with Crippen LogP contribution < -0.4 is 4.72 Å². The Balaban J connectivity index is 1.76. The van der Waals surface area contributed by atoms with Gasteiger partial charge in [-0.3, -0.25) is 9.52 Å². The second-order valence-corrected chi connectivity index (χ2v) is 8.63. The van der Waals surface area contributed by atoms with Gasteiger partial charge in [0.2, 0.25) is 0 Å². The molecular weight excluding hydrogens is 364 g/mol. The molecule has 1 amide bonds. The third kappa shape index (κ3) is 4.48. The summed E-state index contributed by atoms with van der Waals surface area (Å²) in [5.74, 6) is -0.118. The summed E-state index contributed by atoms with van der Waals surface area (Å²) >= 11 is 0. The molecule has 1 fully saturated rings. The third-order valence-electron chi connectivity index (χ3n) is 4.58. The van der Waals surface area contributed by atoms with E-state index in [2.05, 4.69) is 4.72 Å². The number of benzene rings is 2. The number of ether oxygens (including phenoxy) is 1. The van der Waals surface area contributed by atoms with E-state index in [1.54, 1.807) is 29.2 Å². The van der Waals surface area contributed by atoms with Gasteiger partial charge in [-0.25, -0.2) is 8.42 Å². The maximum Gasteiger partial charge on any atom is 0.261 e. The Hall–Kier alpha value is -2.38. The van der Waals surface area contributed by atoms with Gasteiger partial charge >= 0.3 is 0 Å². The Morgan fingerprint density at radius 3 is 2.33 bits per heavy atom. The summed E-state index contributed by atoms with van der Waals surface area (Å²) in [4.78, 5) is 14.6. The first-order chi connectivity index (χ1) is 12.8. The molecule has 27 heavy (non-hydrogen) atoms. The summed E-state index contributed by atoms with van der Waals surface area (Å²) in [5, 5.41) is 0. The summed E-state index contributed by atoms with van der Waals surface area (Å²) in [6, 6.07) is 13.1. The molecule has 1 heterocycles. The SMILES string of the molecule is Cc1ccc(NS(=O)(=O)c2ccc(C(=O)N3CC(C)OCC3C)cc2)cc1. The maximum atomic E-state index is 12.7. The zero-order valence-electron chi connectivity index (χ0n) is 15.7. The van der Waals surface area contributed by atoms with Gasteiger partial charge in [-0.2, -0.15) is 0 Å². The van der Waals surface area contributed by atoms with E-state index in [-0.39, 0.29) is 22.9 Å². The van der Waals surface area contributed by atoms with Crippen LogP contribution in [0.1, 0.15) is 29.8 Å². The topological polar surface area (TPSA) is 75.7 Å². The molecule has 7 heteroatoms. The Labute approximate surface area is 160 Å². The Morgan fingerprint density at radius 2 is 1.70 bits per heavy atom. The average Bonchev–Trinajstić information content (AvgIpc) is 2.65. The number of carbonyl (C=O) groups excluding carboxylic acids is 1. The number of rotatable bonds is 4. The molecule has 2 unspecified atom stereocenters. The first kappa shape index (κ1) is 19.4. The molecule has 1 saturated heterocycles. The lowest BCUT2D eigenvalue weighted by Gasteiger charge is -2.36. The molecule has 6 nitrogen and oxygen atoms in total. The highest BCUT2D eigenvalue weighted by atomic mass is 32.2. The molecule has 0 bridgehead atoms. The van der Waals surface area contributed by atoms with Gasteiger partial charge in [0.25, 0.3) is 15.9 Å². The van der Waals surface area contributed by atoms with Gasteiger partial charge < -0.3 is 9.64 Å². The Morgan fingerprint density at radius 1 is 1.07 bits per heavy atom. The van der Waals surface area contributed by atoms with E-state index < -0.39 is 10.0 Å². The van der Waals surface area contributed by atoms with Gasteiger partial charge in [0, 0.05) is 17.8 Å². The van der Waals surface area contributed by atoms with Gasteiger partial charge in [-0.1, -0.05) is 17.7 Å². The molecule has 0 saturated carbocycles. The molecular formula is C20H24N2O4S. The lowest BCUT2D eigenvalue weighted by atomic mass is 10.1. The highest BCUT2D eigenvalue weighted by Crippen LogP contribution is 2.19. The molecule has 2 aromatic rings. The van der Waals surface area contributed by atoms with Gasteiger partial charge in [-0.15, -0.1) is 0 Å². The normalized spacial score (nSPS) is 20.3. The summed E-state index contributed by atoms with van der Waals surface area (Å²) in [5.41, 5.74) is 2.01. The van der Waals surface area contributed by atoms with Crippen molar-refractivity contribution < 1.29 is 17.9 Å². The quantitative estimate of drug-likeness (QED) is 0.873. The van der Waals surface area contributed by atoms with Crippen LogP contribution in [-0.2, 0) is 14.8 Å². The van der Waals surface area contributed by atoms with E-state index in [1.807, 2.05) is 32.9 Å². The van der Waals surface area contributed by atoms with Crippen molar-refractivity contribution >= 4 is 21.6 Å². The number of hydrogen-bond donors (Lipinski definition) is 1. The minimum Gasteiger partial charge on any atom is -0.375 e. The van der Waals surface area contributed by atoms with Crippen molar-refractivity contribution in [2.45, 2.75) is 37.8 Å². The number of anilines is 1. The minimum absolute atomic E-state index is 0.0106. The standard InChI is InChI=1S/C20H24N2O4S/c1-14-4-8-18(9-5-14)21-27(24,25)19-10-6-17(7-11-19)20(23)22-12-16(3)26-13-15(22)2/h4-11,15-16,21H,12-13H2,1-3H3. The molecule has 1 aliphatic rings. The molecule has 0 aliphatic carbocycles. The van der Waals surface area contributed by atoms with Crippen LogP contribution in [0.15, 0.2) is 53.4 Å². The van der Waals surface area contributed by atoms with Gasteiger partial charge in [0.1, 0.15) is 0 Å². The molecule has 0 spiro atoms. The number of hydrogen-bond acceptors (Lipinski definition) is 4. The first-order valence-corrected chi connectivity index (χ1v) is 10.4. The van der Waals surface area contributed by atoms with E-state index in [0.717, 1.165) is 5.56 Å². The van der Waals surface area contributed by atoms with Crippen molar-refractivity contribution in [1.82, 2.24) is 4.90 Å². The fourth-order valence-electron chi connectivity index (χ4n) is 2.96. The minimum atomic E-state index is -3.71. The Bertz CT molecular complexity index is 908. The number of nitrogens with zero attached hydrogens (tertiary/aromatic N) is 1. The average molecular weight is 388 g/mol. The van der Waals surface area contributed by atoms with Crippen molar-refractivity contribution in [3.8, 4) is 0 Å². The predicted molar refractivity (Wildman–Crippen MR) is 104 cm³/mol. The molecule has 1 N–H and O–H groups in total. The maximum absolute atomic E-state index is 12.7. The molecule has 0 radical (unpaired) electrons. The summed E-state index contributed by atoms with van der Waals surface area (Å²) in [6.07, 6.45) is -0.0106. The van der Waals surface area contributed by atoms with Crippen LogP contribution in [0.2, 0.25) is 0 Å². The van der Waals surface area contributed by atoms with E-state index in [1.165, 1.54) is 12.1 Å². The number of amides is 1. The van der Waals surface area contributed by atoms with Gasteiger partial charge in [-0.05, 0) is 57.2 Å². The highest BCUT2D eigenvalue weighted by Gasteiger charge is 2.28. The summed E-state index contributed by atoms with van der Waals surface area (Å²) < 4.78 is 33.2. The van der Waals surface area contributed by atoms with Crippen LogP contribution in [0.4, 0.5) is 5.69 Å². The predicted octanol–water partition coefficient (Wildman–Crippen LogP) is 3.05. The second kappa shape index (κ2) is 7.70. The molecule has 144 valence electrons. The Kier molecular flexibility index (Phi) is 5.53. The van der Waals surface area contributed by atoms with E-state index in [4.69, 9.17) is 4.74 Å². The second-order valence-electron chi connectivity index (χ2n) is 6.95. The van der Waals surface area contributed by atoms with Crippen molar-refractivity contribution in [1.29, 1.82) is 0 Å². The zero-order chi connectivity index (χ0) is 19.6. The number of aryl methyl sites for hydroxylation is 1. The molecule has 2 aromatic carbocycles. The van der Waals surface area contributed by atoms with E-state index in [0.29, 0.717) is 24.4 Å². The van der Waals surface area contributed by atoms with Crippen molar-refractivity contribution in [3.63, 3.8) is 0 Å². The fraction of sp³-hybridized carbons (Fsp3) is 0.350. The van der Waals surface area contributed by atoms with Crippen molar-refractivity contribution in [2.24, 2.45) is 0 Å². The highest BCUT2D eigenvalue weighted by molar-refractivity contribution is 7.92. The van der Waals surface area contributed by atoms with Crippen LogP contribution in [0.3, 0.4) is 0 Å². The molecule has 2 atom stereocenters. The third-order valence-corrected chi connectivity index (χ3v) is 5.98. The summed E-state index contributed by atoms with van der Waals surface area (Å²) in [7, 11) is -3.71. The lowest BCUT2D eigenvalue weighted by Crippen LogP contribution is -2.50. The lowest BCUT2D eigenvalue weighted by molar-refractivity contribution is -0.0387. The molecule has 3 rings (SSSR count). The first-order valence-electron chi connectivity index (χ1n) is 8.88. The van der Waals surface area contributed by atoms with Gasteiger partial charge in [0.15, 0.2) is 0 Å². The van der Waals surface area contributed by atoms with Crippen LogP contribution in [0, 0.1) is 6.92 Å². The summed E-state index contributed by atoms with van der Waals surface area (Å²) in [6.45, 7) is 6.83. The fourth-order valence-corrected chi connectivity index (χ4v) is 4.02. The smallest absolute Gasteiger partial charge is 0.261 e. The van der Waals surface area contributed by atoms with E-state index in [9.17, 15) is 13.2 Å². The van der Waals surface area contributed by atoms with Gasteiger partial charge in [0.05, 0.1) is 23.6 Å². The van der Waals surface area contributed by atoms with Crippen LogP contribution in [0.5, 0.6) is 0 Å². The number of carbonyl (C=O) groups is 1.